The molecule has 2 rings (SSSR count). The lowest BCUT2D eigenvalue weighted by atomic mass is 10.1. The summed E-state index contributed by atoms with van der Waals surface area (Å²) in [7, 11) is 0. The van der Waals surface area contributed by atoms with Gasteiger partial charge in [0.2, 0.25) is 5.91 Å². The molecule has 92 valence electrons. The number of rotatable bonds is 3. The van der Waals surface area contributed by atoms with E-state index in [4.69, 9.17) is 0 Å². The molecule has 1 amide bonds. The monoisotopic (exact) mass is 233 g/mol. The van der Waals surface area contributed by atoms with Gasteiger partial charge in [-0.25, -0.2) is 4.57 Å². The van der Waals surface area contributed by atoms with Crippen LogP contribution in [0.4, 0.5) is 0 Å². The van der Waals surface area contributed by atoms with Gasteiger partial charge in [0.1, 0.15) is 0 Å². The zero-order chi connectivity index (χ0) is 12.1. The molecular weight excluding hydrogens is 212 g/mol. The summed E-state index contributed by atoms with van der Waals surface area (Å²) in [6.45, 7) is 4.77. The molecule has 0 radical (unpaired) electrons. The van der Waals surface area contributed by atoms with Crippen molar-refractivity contribution in [2.75, 3.05) is 13.1 Å². The van der Waals surface area contributed by atoms with Gasteiger partial charge in [-0.1, -0.05) is 0 Å². The number of pyridine rings is 1. The molecular formula is C14H21N2O+. The average molecular weight is 233 g/mol. The maximum absolute atomic E-state index is 12.0. The highest BCUT2D eigenvalue weighted by Gasteiger charge is 2.17. The Bertz CT molecular complexity index is 366. The van der Waals surface area contributed by atoms with Crippen LogP contribution in [0.2, 0.25) is 0 Å². The Balaban J connectivity index is 1.81. The van der Waals surface area contributed by atoms with E-state index < -0.39 is 0 Å². The lowest BCUT2D eigenvalue weighted by Gasteiger charge is -2.26. The topological polar surface area (TPSA) is 24.2 Å². The Hall–Kier alpha value is -1.38. The molecule has 2 heterocycles. The van der Waals surface area contributed by atoms with Crippen LogP contribution < -0.4 is 4.57 Å². The molecule has 1 aliphatic rings. The van der Waals surface area contributed by atoms with Crippen molar-refractivity contribution in [3.05, 3.63) is 30.1 Å². The summed E-state index contributed by atoms with van der Waals surface area (Å²) < 4.78 is 2.08. The molecule has 0 saturated carbocycles. The van der Waals surface area contributed by atoms with E-state index in [9.17, 15) is 4.79 Å². The molecule has 0 aliphatic carbocycles. The Morgan fingerprint density at radius 3 is 2.53 bits per heavy atom. The summed E-state index contributed by atoms with van der Waals surface area (Å²) >= 11 is 0. The van der Waals surface area contributed by atoms with Crippen LogP contribution in [0.3, 0.4) is 0 Å². The zero-order valence-corrected chi connectivity index (χ0v) is 10.6. The molecule has 3 heteroatoms. The maximum atomic E-state index is 12.0. The predicted octanol–water partition coefficient (Wildman–Crippen LogP) is 1.69. The van der Waals surface area contributed by atoms with Crippen molar-refractivity contribution in [3.8, 4) is 0 Å². The summed E-state index contributed by atoms with van der Waals surface area (Å²) in [5, 5.41) is 0. The van der Waals surface area contributed by atoms with E-state index in [1.165, 1.54) is 24.8 Å². The number of aromatic nitrogens is 1. The molecule has 0 atom stereocenters. The smallest absolute Gasteiger partial charge is 0.228 e. The maximum Gasteiger partial charge on any atom is 0.228 e. The summed E-state index contributed by atoms with van der Waals surface area (Å²) in [6, 6.07) is 4.15. The highest BCUT2D eigenvalue weighted by molar-refractivity contribution is 5.75. The molecule has 1 saturated heterocycles. The molecule has 1 aromatic heterocycles. The van der Waals surface area contributed by atoms with Gasteiger partial charge in [-0.15, -0.1) is 0 Å². The SMILES string of the molecule is Cc1cc[n+](CCC(=O)N2CCCCC2)cc1. The van der Waals surface area contributed by atoms with Gasteiger partial charge >= 0.3 is 0 Å². The molecule has 0 aromatic carbocycles. The van der Waals surface area contributed by atoms with E-state index in [0.29, 0.717) is 12.3 Å². The Kier molecular flexibility index (Phi) is 4.13. The van der Waals surface area contributed by atoms with Gasteiger partial charge in [-0.05, 0) is 31.7 Å². The first-order chi connectivity index (χ1) is 8.25. The minimum absolute atomic E-state index is 0.303. The number of hydrogen-bond donors (Lipinski definition) is 0. The molecule has 17 heavy (non-hydrogen) atoms. The highest BCUT2D eigenvalue weighted by Crippen LogP contribution is 2.09. The van der Waals surface area contributed by atoms with Gasteiger partial charge in [-0.2, -0.15) is 0 Å². The number of hydrogen-bond acceptors (Lipinski definition) is 1. The number of nitrogens with zero attached hydrogens (tertiary/aromatic N) is 2. The molecule has 3 nitrogen and oxygen atoms in total. The first kappa shape index (κ1) is 12.1. The fourth-order valence-electron chi connectivity index (χ4n) is 2.21. The largest absolute Gasteiger partial charge is 0.342 e. The first-order valence-electron chi connectivity index (χ1n) is 6.49. The second-order valence-corrected chi connectivity index (χ2v) is 4.80. The minimum atomic E-state index is 0.303. The van der Waals surface area contributed by atoms with Gasteiger partial charge < -0.3 is 4.90 Å². The lowest BCUT2D eigenvalue weighted by Crippen LogP contribution is -2.40. The molecule has 0 spiro atoms. The van der Waals surface area contributed by atoms with Crippen molar-refractivity contribution in [3.63, 3.8) is 0 Å². The summed E-state index contributed by atoms with van der Waals surface area (Å²) in [5.41, 5.74) is 1.25. The zero-order valence-electron chi connectivity index (χ0n) is 10.6. The van der Waals surface area contributed by atoms with Gasteiger partial charge in [0.15, 0.2) is 18.9 Å². The Labute approximate surface area is 103 Å². The summed E-state index contributed by atoms with van der Waals surface area (Å²) in [5.74, 6) is 0.303. The molecule has 1 aromatic rings. The fourth-order valence-corrected chi connectivity index (χ4v) is 2.21. The van der Waals surface area contributed by atoms with E-state index in [0.717, 1.165) is 19.6 Å². The highest BCUT2D eigenvalue weighted by atomic mass is 16.2. The number of piperidine rings is 1. The second kappa shape index (κ2) is 5.80. The number of carbonyl (C=O) groups excluding carboxylic acids is 1. The third kappa shape index (κ3) is 3.55. The van der Waals surface area contributed by atoms with Crippen LogP contribution in [0.5, 0.6) is 0 Å². The van der Waals surface area contributed by atoms with Crippen LogP contribution in [-0.4, -0.2) is 23.9 Å². The van der Waals surface area contributed by atoms with Crippen molar-refractivity contribution in [1.82, 2.24) is 4.90 Å². The third-order valence-electron chi connectivity index (χ3n) is 3.35. The number of aryl methyl sites for hydroxylation is 2. The quantitative estimate of drug-likeness (QED) is 0.729. The number of amides is 1. The van der Waals surface area contributed by atoms with Crippen LogP contribution >= 0.6 is 0 Å². The van der Waals surface area contributed by atoms with Crippen molar-refractivity contribution >= 4 is 5.91 Å². The van der Waals surface area contributed by atoms with E-state index in [1.54, 1.807) is 0 Å². The van der Waals surface area contributed by atoms with E-state index in [-0.39, 0.29) is 0 Å². The fraction of sp³-hybridized carbons (Fsp3) is 0.571. The van der Waals surface area contributed by atoms with Crippen molar-refractivity contribution in [1.29, 1.82) is 0 Å². The van der Waals surface area contributed by atoms with Crippen LogP contribution in [0, 0.1) is 6.92 Å². The third-order valence-corrected chi connectivity index (χ3v) is 3.35. The minimum Gasteiger partial charge on any atom is -0.342 e. The second-order valence-electron chi connectivity index (χ2n) is 4.80. The van der Waals surface area contributed by atoms with Gasteiger partial charge in [0.05, 0.1) is 6.42 Å². The van der Waals surface area contributed by atoms with Crippen LogP contribution in [0.1, 0.15) is 31.2 Å². The van der Waals surface area contributed by atoms with E-state index in [2.05, 4.69) is 23.6 Å². The van der Waals surface area contributed by atoms with E-state index >= 15 is 0 Å². The van der Waals surface area contributed by atoms with Crippen LogP contribution in [-0.2, 0) is 11.3 Å². The number of carbonyl (C=O) groups is 1. The predicted molar refractivity (Wildman–Crippen MR) is 66.4 cm³/mol. The molecule has 0 unspecified atom stereocenters. The molecule has 0 bridgehead atoms. The van der Waals surface area contributed by atoms with Crippen LogP contribution in [0.25, 0.3) is 0 Å². The molecule has 0 N–H and O–H groups in total. The van der Waals surface area contributed by atoms with Crippen molar-refractivity contribution in [2.45, 2.75) is 39.2 Å². The molecule has 1 aliphatic heterocycles. The van der Waals surface area contributed by atoms with Gasteiger partial charge in [-0.3, -0.25) is 4.79 Å². The molecule has 1 fully saturated rings. The summed E-state index contributed by atoms with van der Waals surface area (Å²) in [6.07, 6.45) is 8.31. The van der Waals surface area contributed by atoms with Gasteiger partial charge in [0.25, 0.3) is 0 Å². The van der Waals surface area contributed by atoms with Crippen LogP contribution in [0.15, 0.2) is 24.5 Å². The standard InChI is InChI=1S/C14H21N2O/c1-13-5-10-15(11-6-13)12-7-14(17)16-8-3-2-4-9-16/h5-6,10-11H,2-4,7-9,12H2,1H3/q+1. The van der Waals surface area contributed by atoms with Crippen molar-refractivity contribution in [2.24, 2.45) is 0 Å². The Morgan fingerprint density at radius 1 is 1.24 bits per heavy atom. The lowest BCUT2D eigenvalue weighted by molar-refractivity contribution is -0.696. The normalized spacial score (nSPS) is 15.9. The average Bonchev–Trinajstić information content (AvgIpc) is 2.39. The van der Waals surface area contributed by atoms with E-state index in [1.807, 2.05) is 17.3 Å². The first-order valence-corrected chi connectivity index (χ1v) is 6.49. The van der Waals surface area contributed by atoms with Crippen molar-refractivity contribution < 1.29 is 9.36 Å². The Morgan fingerprint density at radius 2 is 1.88 bits per heavy atom. The summed E-state index contributed by atoms with van der Waals surface area (Å²) in [4.78, 5) is 14.0. The number of likely N-dealkylation sites (tertiary alicyclic amines) is 1. The van der Waals surface area contributed by atoms with Gasteiger partial charge in [0, 0.05) is 25.2 Å².